The van der Waals surface area contributed by atoms with Gasteiger partial charge >= 0.3 is 0 Å². The quantitative estimate of drug-likeness (QED) is 0.780. The van der Waals surface area contributed by atoms with Gasteiger partial charge in [-0.3, -0.25) is 9.59 Å². The monoisotopic (exact) mass is 409 g/mol. The third-order valence-electron chi connectivity index (χ3n) is 3.66. The minimum atomic E-state index is -0.241. The zero-order chi connectivity index (χ0) is 17.7. The second kappa shape index (κ2) is 8.39. The van der Waals surface area contributed by atoms with Gasteiger partial charge < -0.3 is 10.2 Å². The Hall–Kier alpha value is -1.73. The van der Waals surface area contributed by atoms with Gasteiger partial charge in [0.2, 0.25) is 5.91 Å². The molecule has 7 heteroatoms. The molecule has 0 saturated carbocycles. The number of carbonyl (C=O) groups is 2. The average Bonchev–Trinajstić information content (AvgIpc) is 2.96. The van der Waals surface area contributed by atoms with Crippen molar-refractivity contribution < 1.29 is 9.59 Å². The Balaban J connectivity index is 2.11. The number of anilines is 1. The van der Waals surface area contributed by atoms with Gasteiger partial charge in [-0.2, -0.15) is 0 Å². The van der Waals surface area contributed by atoms with Crippen molar-refractivity contribution in [3.8, 4) is 0 Å². The fourth-order valence-electron chi connectivity index (χ4n) is 2.13. The molecule has 24 heavy (non-hydrogen) atoms. The largest absolute Gasteiger partial charge is 0.327 e. The molecule has 2 amide bonds. The minimum absolute atomic E-state index is 0.00251. The van der Waals surface area contributed by atoms with Gasteiger partial charge in [0.1, 0.15) is 6.54 Å². The summed E-state index contributed by atoms with van der Waals surface area (Å²) in [4.78, 5) is 31.8. The summed E-state index contributed by atoms with van der Waals surface area (Å²) in [5, 5.41) is 3.31. The Morgan fingerprint density at radius 1 is 1.33 bits per heavy atom. The number of thiazole rings is 1. The molecule has 0 saturated heterocycles. The maximum absolute atomic E-state index is 12.8. The lowest BCUT2D eigenvalue weighted by Gasteiger charge is -2.28. The molecule has 1 aromatic carbocycles. The number of aromatic nitrogens is 1. The highest BCUT2D eigenvalue weighted by Gasteiger charge is 2.23. The molecule has 1 aromatic heterocycles. The van der Waals surface area contributed by atoms with E-state index in [1.807, 2.05) is 32.9 Å². The normalized spacial score (nSPS) is 11.8. The summed E-state index contributed by atoms with van der Waals surface area (Å²) < 4.78 is 0.908. The number of rotatable bonds is 6. The van der Waals surface area contributed by atoms with Crippen LogP contribution in [-0.2, 0) is 4.79 Å². The highest BCUT2D eigenvalue weighted by Crippen LogP contribution is 2.18. The molecule has 128 valence electrons. The Bertz CT molecular complexity index is 715. The van der Waals surface area contributed by atoms with Gasteiger partial charge in [0.25, 0.3) is 5.91 Å². The summed E-state index contributed by atoms with van der Waals surface area (Å²) in [5.74, 6) is -0.391. The van der Waals surface area contributed by atoms with Crippen molar-refractivity contribution in [1.29, 1.82) is 0 Å². The van der Waals surface area contributed by atoms with Crippen molar-refractivity contribution in [2.24, 2.45) is 0 Å². The number of benzene rings is 1. The number of nitrogens with zero attached hydrogens (tertiary/aromatic N) is 2. The SMILES string of the molecule is CC[C@@H](C)N(CC(=O)Nc1ncc(C)s1)C(=O)c1ccc(Br)cc1. The molecule has 0 aliphatic heterocycles. The minimum Gasteiger partial charge on any atom is -0.327 e. The molecule has 0 fully saturated rings. The van der Waals surface area contributed by atoms with Crippen LogP contribution in [0.15, 0.2) is 34.9 Å². The first-order valence-electron chi connectivity index (χ1n) is 7.69. The van der Waals surface area contributed by atoms with Crippen molar-refractivity contribution in [2.45, 2.75) is 33.2 Å². The van der Waals surface area contributed by atoms with E-state index in [-0.39, 0.29) is 24.4 Å². The number of carbonyl (C=O) groups excluding carboxylic acids is 2. The molecule has 0 aliphatic carbocycles. The van der Waals surface area contributed by atoms with Gasteiger partial charge in [-0.15, -0.1) is 11.3 Å². The lowest BCUT2D eigenvalue weighted by Crippen LogP contribution is -2.43. The highest BCUT2D eigenvalue weighted by atomic mass is 79.9. The van der Waals surface area contributed by atoms with E-state index in [2.05, 4.69) is 26.2 Å². The zero-order valence-corrected chi connectivity index (χ0v) is 16.3. The van der Waals surface area contributed by atoms with Gasteiger partial charge in [0.05, 0.1) is 0 Å². The van der Waals surface area contributed by atoms with Gasteiger partial charge in [-0.25, -0.2) is 4.98 Å². The van der Waals surface area contributed by atoms with E-state index in [9.17, 15) is 9.59 Å². The van der Waals surface area contributed by atoms with Gasteiger partial charge in [-0.05, 0) is 44.5 Å². The number of halogens is 1. The van der Waals surface area contributed by atoms with Crippen LogP contribution < -0.4 is 5.32 Å². The van der Waals surface area contributed by atoms with Crippen molar-refractivity contribution in [3.05, 3.63) is 45.4 Å². The second-order valence-electron chi connectivity index (χ2n) is 5.52. The van der Waals surface area contributed by atoms with Crippen LogP contribution in [0.25, 0.3) is 0 Å². The van der Waals surface area contributed by atoms with Crippen LogP contribution in [0.4, 0.5) is 5.13 Å². The van der Waals surface area contributed by atoms with E-state index >= 15 is 0 Å². The summed E-state index contributed by atoms with van der Waals surface area (Å²) in [5.41, 5.74) is 0.566. The molecule has 0 unspecified atom stereocenters. The lowest BCUT2D eigenvalue weighted by atomic mass is 10.1. The van der Waals surface area contributed by atoms with E-state index in [0.717, 1.165) is 15.8 Å². The van der Waals surface area contributed by atoms with Crippen LogP contribution in [0, 0.1) is 6.92 Å². The van der Waals surface area contributed by atoms with Crippen LogP contribution in [-0.4, -0.2) is 34.3 Å². The predicted octanol–water partition coefficient (Wildman–Crippen LogP) is 4.09. The number of nitrogens with one attached hydrogen (secondary N) is 1. The topological polar surface area (TPSA) is 62.3 Å². The molecular weight excluding hydrogens is 390 g/mol. The Morgan fingerprint density at radius 2 is 2.00 bits per heavy atom. The van der Waals surface area contributed by atoms with Crippen molar-refractivity contribution in [3.63, 3.8) is 0 Å². The first kappa shape index (κ1) is 18.6. The molecule has 0 bridgehead atoms. The smallest absolute Gasteiger partial charge is 0.254 e. The predicted molar refractivity (Wildman–Crippen MR) is 100 cm³/mol. The first-order valence-corrected chi connectivity index (χ1v) is 9.30. The molecule has 0 spiro atoms. The van der Waals surface area contributed by atoms with E-state index in [4.69, 9.17) is 0 Å². The summed E-state index contributed by atoms with van der Waals surface area (Å²) in [7, 11) is 0. The summed E-state index contributed by atoms with van der Waals surface area (Å²) in [6.07, 6.45) is 2.48. The third-order valence-corrected chi connectivity index (χ3v) is 5.01. The van der Waals surface area contributed by atoms with Gasteiger partial charge in [-0.1, -0.05) is 22.9 Å². The molecule has 0 aliphatic rings. The highest BCUT2D eigenvalue weighted by molar-refractivity contribution is 9.10. The maximum atomic E-state index is 12.8. The molecule has 5 nitrogen and oxygen atoms in total. The van der Waals surface area contributed by atoms with E-state index in [0.29, 0.717) is 10.7 Å². The van der Waals surface area contributed by atoms with E-state index < -0.39 is 0 Å². The number of hydrogen-bond acceptors (Lipinski definition) is 4. The van der Waals surface area contributed by atoms with E-state index in [1.165, 1.54) is 11.3 Å². The van der Waals surface area contributed by atoms with Gasteiger partial charge in [0, 0.05) is 27.2 Å². The number of aryl methyl sites for hydroxylation is 1. The van der Waals surface area contributed by atoms with Crippen LogP contribution in [0.2, 0.25) is 0 Å². The fourth-order valence-corrected chi connectivity index (χ4v) is 3.08. The first-order chi connectivity index (χ1) is 11.4. The summed E-state index contributed by atoms with van der Waals surface area (Å²) >= 11 is 4.77. The second-order valence-corrected chi connectivity index (χ2v) is 7.67. The van der Waals surface area contributed by atoms with Crippen molar-refractivity contribution in [1.82, 2.24) is 9.88 Å². The lowest BCUT2D eigenvalue weighted by molar-refractivity contribution is -0.117. The Kier molecular flexibility index (Phi) is 6.51. The summed E-state index contributed by atoms with van der Waals surface area (Å²) in [6, 6.07) is 7.11. The summed E-state index contributed by atoms with van der Waals surface area (Å²) in [6.45, 7) is 5.87. The maximum Gasteiger partial charge on any atom is 0.254 e. The van der Waals surface area contributed by atoms with Crippen LogP contribution >= 0.6 is 27.3 Å². The molecule has 1 atom stereocenters. The Morgan fingerprint density at radius 3 is 2.54 bits per heavy atom. The van der Waals surface area contributed by atoms with Gasteiger partial charge in [0.15, 0.2) is 5.13 Å². The van der Waals surface area contributed by atoms with Crippen LogP contribution in [0.3, 0.4) is 0 Å². The molecule has 0 radical (unpaired) electrons. The molecule has 1 heterocycles. The fraction of sp³-hybridized carbons (Fsp3) is 0.353. The molecule has 1 N–H and O–H groups in total. The van der Waals surface area contributed by atoms with Crippen molar-refractivity contribution >= 4 is 44.2 Å². The van der Waals surface area contributed by atoms with E-state index in [1.54, 1.807) is 23.2 Å². The van der Waals surface area contributed by atoms with Crippen LogP contribution in [0.5, 0.6) is 0 Å². The number of hydrogen-bond donors (Lipinski definition) is 1. The number of amides is 2. The average molecular weight is 410 g/mol. The standard InChI is InChI=1S/C17H20BrN3O2S/c1-4-11(2)21(16(23)13-5-7-14(18)8-6-13)10-15(22)20-17-19-9-12(3)24-17/h5-9,11H,4,10H2,1-3H3,(H,19,20,22)/t11-/m1/s1. The third kappa shape index (κ3) is 4.88. The molecule has 2 aromatic rings. The van der Waals surface area contributed by atoms with Crippen LogP contribution in [0.1, 0.15) is 35.5 Å². The Labute approximate surface area is 154 Å². The molecular formula is C17H20BrN3O2S. The van der Waals surface area contributed by atoms with Crippen molar-refractivity contribution in [2.75, 3.05) is 11.9 Å². The molecule has 2 rings (SSSR count). The zero-order valence-electron chi connectivity index (χ0n) is 13.9.